The van der Waals surface area contributed by atoms with Gasteiger partial charge in [-0.3, -0.25) is 4.79 Å². The van der Waals surface area contributed by atoms with Crippen molar-refractivity contribution in [2.45, 2.75) is 19.8 Å². The molecular weight excluding hydrogens is 366 g/mol. The number of rotatable bonds is 7. The fourth-order valence-corrected chi connectivity index (χ4v) is 3.88. The Balaban J connectivity index is 1.73. The molecule has 2 aliphatic carbocycles. The van der Waals surface area contributed by atoms with Crippen LogP contribution in [0.1, 0.15) is 30.9 Å². The summed E-state index contributed by atoms with van der Waals surface area (Å²) in [6, 6.07) is 18.7. The van der Waals surface area contributed by atoms with E-state index in [0.29, 0.717) is 0 Å². The molecule has 0 aliphatic heterocycles. The van der Waals surface area contributed by atoms with Crippen LogP contribution in [-0.2, 0) is 4.79 Å². The summed E-state index contributed by atoms with van der Waals surface area (Å²) in [7, 11) is 0. The third-order valence-electron chi connectivity index (χ3n) is 5.26. The van der Waals surface area contributed by atoms with E-state index in [9.17, 15) is 4.79 Å². The zero-order chi connectivity index (χ0) is 20.8. The molecule has 148 valence electrons. The summed E-state index contributed by atoms with van der Waals surface area (Å²) in [5.41, 5.74) is 5.73. The van der Waals surface area contributed by atoms with Crippen LogP contribution < -0.4 is 5.32 Å². The normalized spacial score (nSPS) is 18.4. The second kappa shape index (κ2) is 10.1. The third kappa shape index (κ3) is 5.22. The molecule has 1 N–H and O–H groups in total. The van der Waals surface area contributed by atoms with Crippen molar-refractivity contribution in [3.8, 4) is 0 Å². The van der Waals surface area contributed by atoms with E-state index in [1.165, 1.54) is 35.5 Å². The van der Waals surface area contributed by atoms with Crippen molar-refractivity contribution in [3.05, 3.63) is 134 Å². The molecule has 0 spiro atoms. The average molecular weight is 392 g/mol. The van der Waals surface area contributed by atoms with Crippen LogP contribution in [0.3, 0.4) is 0 Å². The smallest absolute Gasteiger partial charge is 0.221 e. The average Bonchev–Trinajstić information content (AvgIpc) is 3.47. The van der Waals surface area contributed by atoms with Crippen LogP contribution in [0.4, 0.5) is 5.69 Å². The van der Waals surface area contributed by atoms with Gasteiger partial charge in [-0.1, -0.05) is 48.0 Å². The quantitative estimate of drug-likeness (QED) is 0.613. The third-order valence-corrected chi connectivity index (χ3v) is 5.26. The van der Waals surface area contributed by atoms with Crippen LogP contribution in [0.5, 0.6) is 0 Å². The molecule has 10 radical (unpaired) electrons. The molecule has 0 saturated heterocycles. The Hall–Kier alpha value is -2.35. The summed E-state index contributed by atoms with van der Waals surface area (Å²) in [6.45, 7) is 1.53. The number of hydrogen-bond acceptors (Lipinski definition) is 1. The second-order valence-corrected chi connectivity index (χ2v) is 7.44. The van der Waals surface area contributed by atoms with Crippen LogP contribution in [-0.4, -0.2) is 5.91 Å². The second-order valence-electron chi connectivity index (χ2n) is 7.44. The number of amides is 1. The highest BCUT2D eigenvalue weighted by atomic mass is 16.1. The molecule has 2 nitrogen and oxygen atoms in total. The first kappa shape index (κ1) is 20.9. The fourth-order valence-electron chi connectivity index (χ4n) is 3.88. The number of benzene rings is 2. The van der Waals surface area contributed by atoms with Crippen LogP contribution in [0.2, 0.25) is 0 Å². The van der Waals surface area contributed by atoms with E-state index in [1.807, 2.05) is 18.2 Å². The summed E-state index contributed by atoms with van der Waals surface area (Å²) in [6.07, 6.45) is 19.1. The van der Waals surface area contributed by atoms with E-state index in [4.69, 9.17) is 0 Å². The first-order valence-corrected chi connectivity index (χ1v) is 10.3. The molecule has 4 rings (SSSR count). The number of carbonyl (C=O) groups excluding carboxylic acids is 1. The van der Waals surface area contributed by atoms with Crippen molar-refractivity contribution in [1.29, 1.82) is 0 Å². The molecule has 0 atom stereocenters. The lowest BCUT2D eigenvalue weighted by Crippen LogP contribution is -2.07. The topological polar surface area (TPSA) is 29.1 Å². The lowest BCUT2D eigenvalue weighted by Gasteiger charge is -2.22. The van der Waals surface area contributed by atoms with Gasteiger partial charge >= 0.3 is 0 Å². The van der Waals surface area contributed by atoms with Gasteiger partial charge in [-0.25, -0.2) is 0 Å². The summed E-state index contributed by atoms with van der Waals surface area (Å²) < 4.78 is 0. The predicted octanol–water partition coefficient (Wildman–Crippen LogP) is 6.04. The molecule has 0 unspecified atom stereocenters. The van der Waals surface area contributed by atoms with Crippen LogP contribution in [0.15, 0.2) is 60.2 Å². The van der Waals surface area contributed by atoms with Gasteiger partial charge in [-0.15, -0.1) is 0 Å². The number of carbonyl (C=O) groups is 1. The Bertz CT molecular complexity index is 853. The van der Waals surface area contributed by atoms with Gasteiger partial charge in [0.15, 0.2) is 0 Å². The van der Waals surface area contributed by atoms with Crippen LogP contribution >= 0.6 is 0 Å². The monoisotopic (exact) mass is 391 g/mol. The minimum Gasteiger partial charge on any atom is -0.326 e. The largest absolute Gasteiger partial charge is 0.326 e. The number of nitrogens with one attached hydrogen (secondary N) is 1. The lowest BCUT2D eigenvalue weighted by atomic mass is 9.82. The van der Waals surface area contributed by atoms with E-state index in [0.717, 1.165) is 24.1 Å². The number of allylic oxidation sites excluding steroid dienone is 1. The highest BCUT2D eigenvalue weighted by molar-refractivity contribution is 5.90. The molecule has 2 heteroatoms. The first-order valence-electron chi connectivity index (χ1n) is 10.3. The SMILES string of the molecule is CC(=O)Nc1ccc(/C(=C(/CC[C]2[CH][CH][CH][CH]2)[C]2[CH][CH][CH][CH]2)c2ccccc2)cc1. The molecule has 0 bridgehead atoms. The minimum absolute atomic E-state index is 0.0613. The zero-order valence-electron chi connectivity index (χ0n) is 17.1. The van der Waals surface area contributed by atoms with Crippen molar-refractivity contribution in [1.82, 2.24) is 0 Å². The van der Waals surface area contributed by atoms with Crippen molar-refractivity contribution in [2.75, 3.05) is 5.32 Å². The van der Waals surface area contributed by atoms with E-state index >= 15 is 0 Å². The molecule has 2 aliphatic rings. The van der Waals surface area contributed by atoms with E-state index < -0.39 is 0 Å². The van der Waals surface area contributed by atoms with Crippen molar-refractivity contribution in [2.24, 2.45) is 0 Å². The molecule has 2 aromatic carbocycles. The van der Waals surface area contributed by atoms with Gasteiger partial charge in [0.2, 0.25) is 5.91 Å². The van der Waals surface area contributed by atoms with Gasteiger partial charge in [0.1, 0.15) is 0 Å². The molecule has 1 amide bonds. The Morgan fingerprint density at radius 1 is 0.767 bits per heavy atom. The summed E-state index contributed by atoms with van der Waals surface area (Å²) in [5, 5.41) is 2.86. The Kier molecular flexibility index (Phi) is 7.04. The highest BCUT2D eigenvalue weighted by Gasteiger charge is 2.27. The van der Waals surface area contributed by atoms with Gasteiger partial charge in [0, 0.05) is 18.5 Å². The molecule has 30 heavy (non-hydrogen) atoms. The molecule has 2 saturated carbocycles. The summed E-state index contributed by atoms with van der Waals surface area (Å²) in [5.74, 6) is 2.55. The van der Waals surface area contributed by atoms with E-state index in [2.05, 4.69) is 93.1 Å². The van der Waals surface area contributed by atoms with E-state index in [-0.39, 0.29) is 5.91 Å². The number of hydrogen-bond donors (Lipinski definition) is 1. The van der Waals surface area contributed by atoms with E-state index in [1.54, 1.807) is 0 Å². The summed E-state index contributed by atoms with van der Waals surface area (Å²) >= 11 is 0. The van der Waals surface area contributed by atoms with Gasteiger partial charge in [0.05, 0.1) is 0 Å². The van der Waals surface area contributed by atoms with Crippen molar-refractivity contribution >= 4 is 17.2 Å². The molecule has 2 aromatic rings. The van der Waals surface area contributed by atoms with Gasteiger partial charge < -0.3 is 5.32 Å². The minimum atomic E-state index is -0.0613. The maximum Gasteiger partial charge on any atom is 0.221 e. The first-order chi connectivity index (χ1) is 14.7. The van der Waals surface area contributed by atoms with Crippen molar-refractivity contribution in [3.63, 3.8) is 0 Å². The number of anilines is 1. The summed E-state index contributed by atoms with van der Waals surface area (Å²) in [4.78, 5) is 11.4. The molecule has 0 heterocycles. The Labute approximate surface area is 181 Å². The maximum absolute atomic E-state index is 11.4. The Morgan fingerprint density at radius 2 is 1.37 bits per heavy atom. The predicted molar refractivity (Wildman–Crippen MR) is 123 cm³/mol. The molecular formula is C28H25NO. The van der Waals surface area contributed by atoms with Gasteiger partial charge in [-0.2, -0.15) is 0 Å². The van der Waals surface area contributed by atoms with Crippen molar-refractivity contribution < 1.29 is 4.79 Å². The van der Waals surface area contributed by atoms with Crippen LogP contribution in [0, 0.1) is 63.2 Å². The molecule has 0 aromatic heterocycles. The van der Waals surface area contributed by atoms with Gasteiger partial charge in [-0.05, 0) is 99.0 Å². The standard InChI is InChI=1S/C28H25NO/c1-21(30)29-26-18-16-25(17-19-26)28(24-13-3-2-4-14-24)27(23-11-7-8-12-23)20-15-22-9-5-6-10-22/h2-14,16-19H,15,20H2,1H3,(H,29,30)/b28-27-. The van der Waals surface area contributed by atoms with Crippen LogP contribution in [0.25, 0.3) is 5.57 Å². The Morgan fingerprint density at radius 3 is 2.00 bits per heavy atom. The highest BCUT2D eigenvalue weighted by Crippen LogP contribution is 2.42. The zero-order valence-corrected chi connectivity index (χ0v) is 17.1. The molecule has 2 fully saturated rings. The van der Waals surface area contributed by atoms with Gasteiger partial charge in [0.25, 0.3) is 0 Å². The fraction of sp³-hybridized carbons (Fsp3) is 0.107. The maximum atomic E-state index is 11.4. The lowest BCUT2D eigenvalue weighted by molar-refractivity contribution is -0.114.